The lowest BCUT2D eigenvalue weighted by atomic mass is 10.2. The Morgan fingerprint density at radius 2 is 1.72 bits per heavy atom. The molecule has 0 bridgehead atoms. The van der Waals surface area contributed by atoms with Gasteiger partial charge in [-0.2, -0.15) is 0 Å². The van der Waals surface area contributed by atoms with Gasteiger partial charge in [0.05, 0.1) is 23.4 Å². The van der Waals surface area contributed by atoms with Crippen molar-refractivity contribution in [3.8, 4) is 5.75 Å². The van der Waals surface area contributed by atoms with Crippen molar-refractivity contribution in [2.45, 2.75) is 18.2 Å². The Morgan fingerprint density at radius 3 is 2.28 bits per heavy atom. The van der Waals surface area contributed by atoms with Crippen LogP contribution in [-0.4, -0.2) is 67.1 Å². The van der Waals surface area contributed by atoms with Crippen molar-refractivity contribution in [2.24, 2.45) is 0 Å². The minimum absolute atomic E-state index is 0.155. The Labute approximate surface area is 189 Å². The average Bonchev–Trinajstić information content (AvgIpc) is 3.15. The number of carbonyl (C=O) groups is 1. The van der Waals surface area contributed by atoms with E-state index in [1.54, 1.807) is 36.4 Å². The van der Waals surface area contributed by atoms with Crippen LogP contribution in [0.15, 0.2) is 47.4 Å². The minimum atomic E-state index is -3.72. The molecule has 32 heavy (non-hydrogen) atoms. The first-order chi connectivity index (χ1) is 14.9. The summed E-state index contributed by atoms with van der Waals surface area (Å²) in [5, 5.41) is 0. The summed E-state index contributed by atoms with van der Waals surface area (Å²) in [7, 11) is -4.39. The number of hydrogen-bond acceptors (Lipinski definition) is 6. The van der Waals surface area contributed by atoms with Gasteiger partial charge in [-0.3, -0.25) is 9.10 Å². The van der Waals surface area contributed by atoms with Crippen molar-refractivity contribution in [3.63, 3.8) is 0 Å². The monoisotopic (exact) mass is 481 g/mol. The molecule has 174 valence electrons. The topological polar surface area (TPSA) is 104 Å². The lowest BCUT2D eigenvalue weighted by Gasteiger charge is -2.25. The largest absolute Gasteiger partial charge is 0.494 e. The van der Waals surface area contributed by atoms with Crippen LogP contribution in [0.5, 0.6) is 5.75 Å². The van der Waals surface area contributed by atoms with Gasteiger partial charge in [0.1, 0.15) is 12.3 Å². The highest BCUT2D eigenvalue weighted by atomic mass is 32.2. The molecule has 9 nitrogen and oxygen atoms in total. The Hall–Kier alpha value is -2.63. The van der Waals surface area contributed by atoms with Crippen molar-refractivity contribution >= 4 is 37.3 Å². The Kier molecular flexibility index (Phi) is 6.82. The predicted molar refractivity (Wildman–Crippen MR) is 123 cm³/mol. The molecule has 0 unspecified atom stereocenters. The highest BCUT2D eigenvalue weighted by Gasteiger charge is 2.30. The van der Waals surface area contributed by atoms with Crippen molar-refractivity contribution in [1.29, 1.82) is 0 Å². The number of sulfonamides is 2. The van der Waals surface area contributed by atoms with Crippen molar-refractivity contribution in [1.82, 2.24) is 4.31 Å². The lowest BCUT2D eigenvalue weighted by Crippen LogP contribution is -2.42. The molecule has 1 aliphatic heterocycles. The zero-order chi connectivity index (χ0) is 23.7. The highest BCUT2D eigenvalue weighted by molar-refractivity contribution is 7.92. The van der Waals surface area contributed by atoms with Crippen LogP contribution >= 0.6 is 0 Å². The molecule has 0 N–H and O–H groups in total. The third-order valence-electron chi connectivity index (χ3n) is 5.14. The van der Waals surface area contributed by atoms with Crippen LogP contribution in [0.4, 0.5) is 11.4 Å². The number of fused-ring (bicyclic) bond motifs is 1. The first-order valence-electron chi connectivity index (χ1n) is 10.0. The molecule has 0 atom stereocenters. The Bertz CT molecular complexity index is 1210. The number of nitrogens with zero attached hydrogens (tertiary/aromatic N) is 3. The number of carbonyl (C=O) groups excluding carboxylic acids is 1. The molecule has 1 amide bonds. The lowest BCUT2D eigenvalue weighted by molar-refractivity contribution is -0.117. The number of ether oxygens (including phenoxy) is 1. The molecule has 3 rings (SSSR count). The van der Waals surface area contributed by atoms with E-state index in [1.165, 1.54) is 25.1 Å². The van der Waals surface area contributed by atoms with Gasteiger partial charge in [0, 0.05) is 26.3 Å². The van der Waals surface area contributed by atoms with Gasteiger partial charge in [0.2, 0.25) is 26.0 Å². The van der Waals surface area contributed by atoms with Gasteiger partial charge < -0.3 is 9.64 Å². The SMILES string of the molecule is CCOc1ccc(N(CC(=O)N2CCc3cc(S(=O)(=O)N(C)C)ccc32)S(C)(=O)=O)cc1. The molecule has 0 saturated heterocycles. The quantitative estimate of drug-likeness (QED) is 0.568. The zero-order valence-electron chi connectivity index (χ0n) is 18.5. The van der Waals surface area contributed by atoms with E-state index in [2.05, 4.69) is 0 Å². The summed E-state index contributed by atoms with van der Waals surface area (Å²) in [6, 6.07) is 11.1. The second-order valence-corrected chi connectivity index (χ2v) is 11.6. The van der Waals surface area contributed by atoms with E-state index in [0.29, 0.717) is 36.7 Å². The van der Waals surface area contributed by atoms with E-state index >= 15 is 0 Å². The van der Waals surface area contributed by atoms with Crippen LogP contribution < -0.4 is 13.9 Å². The molecule has 0 saturated carbocycles. The van der Waals surface area contributed by atoms with E-state index in [9.17, 15) is 21.6 Å². The molecular weight excluding hydrogens is 454 g/mol. The highest BCUT2D eigenvalue weighted by Crippen LogP contribution is 2.31. The summed E-state index contributed by atoms with van der Waals surface area (Å²) < 4.78 is 57.2. The molecule has 0 aromatic heterocycles. The van der Waals surface area contributed by atoms with Gasteiger partial charge in [0.25, 0.3) is 0 Å². The normalized spacial score (nSPS) is 13.8. The first kappa shape index (κ1) is 24.0. The Balaban J connectivity index is 1.85. The number of amides is 1. The third kappa shape index (κ3) is 4.89. The summed E-state index contributed by atoms with van der Waals surface area (Å²) >= 11 is 0. The van der Waals surface area contributed by atoms with E-state index in [0.717, 1.165) is 20.4 Å². The summed E-state index contributed by atoms with van der Waals surface area (Å²) in [6.45, 7) is 2.31. The van der Waals surface area contributed by atoms with Gasteiger partial charge in [0.15, 0.2) is 0 Å². The molecule has 11 heteroatoms. The van der Waals surface area contributed by atoms with E-state index in [1.807, 2.05) is 6.92 Å². The van der Waals surface area contributed by atoms with Crippen LogP contribution in [-0.2, 0) is 31.3 Å². The first-order valence-corrected chi connectivity index (χ1v) is 13.3. The van der Waals surface area contributed by atoms with Crippen molar-refractivity contribution in [3.05, 3.63) is 48.0 Å². The maximum atomic E-state index is 13.1. The molecule has 2 aromatic carbocycles. The summed E-state index contributed by atoms with van der Waals surface area (Å²) in [6.07, 6.45) is 1.53. The van der Waals surface area contributed by atoms with Gasteiger partial charge in [-0.15, -0.1) is 0 Å². The summed E-state index contributed by atoms with van der Waals surface area (Å²) in [4.78, 5) is 14.7. The maximum Gasteiger partial charge on any atom is 0.247 e. The average molecular weight is 482 g/mol. The molecule has 0 fully saturated rings. The molecule has 0 spiro atoms. The molecule has 0 aliphatic carbocycles. The van der Waals surface area contributed by atoms with Crippen LogP contribution in [0.1, 0.15) is 12.5 Å². The molecular formula is C21H27N3O6S2. The fourth-order valence-corrected chi connectivity index (χ4v) is 5.29. The number of benzene rings is 2. The van der Waals surface area contributed by atoms with Crippen LogP contribution in [0.3, 0.4) is 0 Å². The number of anilines is 2. The predicted octanol–water partition coefficient (Wildman–Crippen LogP) is 1.69. The van der Waals surface area contributed by atoms with Gasteiger partial charge in [-0.1, -0.05) is 0 Å². The number of hydrogen-bond donors (Lipinski definition) is 0. The van der Waals surface area contributed by atoms with Crippen LogP contribution in [0.25, 0.3) is 0 Å². The van der Waals surface area contributed by atoms with Gasteiger partial charge >= 0.3 is 0 Å². The molecule has 0 radical (unpaired) electrons. The smallest absolute Gasteiger partial charge is 0.247 e. The molecule has 1 aliphatic rings. The van der Waals surface area contributed by atoms with Gasteiger partial charge in [-0.05, 0) is 61.4 Å². The second kappa shape index (κ2) is 9.08. The summed E-state index contributed by atoms with van der Waals surface area (Å²) in [5.41, 5.74) is 1.68. The van der Waals surface area contributed by atoms with Crippen LogP contribution in [0, 0.1) is 0 Å². The fourth-order valence-electron chi connectivity index (χ4n) is 3.49. The van der Waals surface area contributed by atoms with E-state index in [4.69, 9.17) is 4.74 Å². The maximum absolute atomic E-state index is 13.1. The zero-order valence-corrected chi connectivity index (χ0v) is 20.1. The van der Waals surface area contributed by atoms with Crippen molar-refractivity contribution < 1.29 is 26.4 Å². The van der Waals surface area contributed by atoms with Crippen molar-refractivity contribution in [2.75, 3.05) is 49.3 Å². The van der Waals surface area contributed by atoms with E-state index in [-0.39, 0.29) is 11.4 Å². The standard InChI is InChI=1S/C21H27N3O6S2/c1-5-30-18-8-6-17(7-9-18)24(31(4,26)27)15-21(25)23-13-12-16-14-19(10-11-20(16)23)32(28,29)22(2)3/h6-11,14H,5,12-13,15H2,1-4H3. The van der Waals surface area contributed by atoms with Gasteiger partial charge in [-0.25, -0.2) is 21.1 Å². The fraction of sp³-hybridized carbons (Fsp3) is 0.381. The third-order valence-corrected chi connectivity index (χ3v) is 8.09. The minimum Gasteiger partial charge on any atom is -0.494 e. The van der Waals surface area contributed by atoms with E-state index < -0.39 is 26.0 Å². The Morgan fingerprint density at radius 1 is 1.06 bits per heavy atom. The second-order valence-electron chi connectivity index (χ2n) is 7.57. The molecule has 1 heterocycles. The summed E-state index contributed by atoms with van der Waals surface area (Å²) in [5.74, 6) is 0.208. The molecule has 2 aromatic rings. The van der Waals surface area contributed by atoms with Crippen LogP contribution in [0.2, 0.25) is 0 Å². The number of rotatable bonds is 8.